The van der Waals surface area contributed by atoms with Crippen LogP contribution >= 0.6 is 0 Å². The van der Waals surface area contributed by atoms with Crippen molar-refractivity contribution in [1.29, 1.82) is 0 Å². The summed E-state index contributed by atoms with van der Waals surface area (Å²) in [4.78, 5) is 25.0. The molecule has 32 heavy (non-hydrogen) atoms. The molecule has 0 saturated carbocycles. The Kier molecular flexibility index (Phi) is 14.4. The van der Waals surface area contributed by atoms with Crippen molar-refractivity contribution in [1.82, 2.24) is 4.90 Å². The predicted octanol–water partition coefficient (Wildman–Crippen LogP) is 7.23. The van der Waals surface area contributed by atoms with Gasteiger partial charge in [0.1, 0.15) is 5.60 Å². The lowest BCUT2D eigenvalue weighted by molar-refractivity contribution is -0.137. The number of hydrogen-bond acceptors (Lipinski definition) is 4. The van der Waals surface area contributed by atoms with Crippen molar-refractivity contribution in [2.75, 3.05) is 19.7 Å². The van der Waals surface area contributed by atoms with Crippen LogP contribution in [0.4, 0.5) is 4.79 Å². The van der Waals surface area contributed by atoms with E-state index >= 15 is 0 Å². The van der Waals surface area contributed by atoms with Crippen molar-refractivity contribution < 1.29 is 23.9 Å². The fourth-order valence-electron chi connectivity index (χ4n) is 3.06. The maximum Gasteiger partial charge on any atom is 0.410 e. The van der Waals surface area contributed by atoms with Gasteiger partial charge in [0.15, 0.2) is 8.32 Å². The van der Waals surface area contributed by atoms with Gasteiger partial charge in [-0.1, -0.05) is 59.3 Å². The van der Waals surface area contributed by atoms with E-state index in [0.29, 0.717) is 19.7 Å². The molecule has 1 N–H and O–H groups in total. The van der Waals surface area contributed by atoms with E-state index in [1.165, 1.54) is 6.42 Å². The molecule has 0 saturated heterocycles. The van der Waals surface area contributed by atoms with Gasteiger partial charge >= 0.3 is 12.1 Å². The second-order valence-corrected chi connectivity index (χ2v) is 16.2. The van der Waals surface area contributed by atoms with Gasteiger partial charge < -0.3 is 19.2 Å². The highest BCUT2D eigenvalue weighted by Crippen LogP contribution is 2.36. The number of ether oxygens (including phenoxy) is 1. The fraction of sp³-hybridized carbons (Fsp3) is 0.920. The molecule has 0 heterocycles. The van der Waals surface area contributed by atoms with E-state index in [1.807, 2.05) is 25.7 Å². The molecule has 6 nitrogen and oxygen atoms in total. The molecule has 0 radical (unpaired) electrons. The predicted molar refractivity (Wildman–Crippen MR) is 135 cm³/mol. The summed E-state index contributed by atoms with van der Waals surface area (Å²) in [6, 6.07) is 0. The standard InChI is InChI=1S/C25H51NO5Si/c1-24(2,3)31-23(29)26(20-17-21-30-32(7,8)25(4,5)6)19-16-14-12-10-9-11-13-15-18-22(27)28/h9-21H2,1-8H3,(H,27,28). The van der Waals surface area contributed by atoms with Crippen LogP contribution in [0, 0.1) is 0 Å². The quantitative estimate of drug-likeness (QED) is 0.189. The SMILES string of the molecule is CC(C)(C)OC(=O)N(CCCCCCCCCCC(=O)O)CCCO[Si](C)(C)C(C)(C)C. The van der Waals surface area contributed by atoms with Crippen LogP contribution in [0.2, 0.25) is 18.1 Å². The second-order valence-electron chi connectivity index (χ2n) is 11.4. The van der Waals surface area contributed by atoms with Crippen LogP contribution in [-0.4, -0.2) is 55.7 Å². The maximum absolute atomic E-state index is 12.7. The number of carboxylic acids is 1. The Hall–Kier alpha value is -1.08. The molecule has 190 valence electrons. The number of rotatable bonds is 16. The Balaban J connectivity index is 4.29. The first kappa shape index (κ1) is 30.9. The molecule has 1 amide bonds. The Bertz CT molecular complexity index is 537. The number of hydrogen-bond donors (Lipinski definition) is 1. The molecule has 0 aromatic heterocycles. The van der Waals surface area contributed by atoms with Crippen LogP contribution in [0.25, 0.3) is 0 Å². The van der Waals surface area contributed by atoms with Crippen LogP contribution in [0.1, 0.15) is 106 Å². The highest BCUT2D eigenvalue weighted by molar-refractivity contribution is 6.74. The molecule has 0 fully saturated rings. The summed E-state index contributed by atoms with van der Waals surface area (Å²) >= 11 is 0. The molecule has 0 aromatic carbocycles. The lowest BCUT2D eigenvalue weighted by Gasteiger charge is -2.36. The first-order chi connectivity index (χ1) is 14.7. The summed E-state index contributed by atoms with van der Waals surface area (Å²) < 4.78 is 11.9. The van der Waals surface area contributed by atoms with Gasteiger partial charge in [-0.05, 0) is 58.2 Å². The molecule has 0 rings (SSSR count). The van der Waals surface area contributed by atoms with E-state index in [-0.39, 0.29) is 17.6 Å². The topological polar surface area (TPSA) is 76.1 Å². The zero-order valence-corrected chi connectivity index (χ0v) is 23.2. The van der Waals surface area contributed by atoms with E-state index in [4.69, 9.17) is 14.3 Å². The molecule has 0 bridgehead atoms. The summed E-state index contributed by atoms with van der Waals surface area (Å²) in [7, 11) is -1.76. The first-order valence-electron chi connectivity index (χ1n) is 12.5. The molecule has 0 unspecified atom stereocenters. The third kappa shape index (κ3) is 15.7. The van der Waals surface area contributed by atoms with Crippen LogP contribution in [0.3, 0.4) is 0 Å². The van der Waals surface area contributed by atoms with Crippen LogP contribution in [-0.2, 0) is 14.0 Å². The summed E-state index contributed by atoms with van der Waals surface area (Å²) in [5.74, 6) is -0.703. The zero-order valence-electron chi connectivity index (χ0n) is 22.2. The number of carboxylic acid groups (broad SMARTS) is 1. The fourth-order valence-corrected chi connectivity index (χ4v) is 4.15. The Morgan fingerprint density at radius 1 is 0.781 bits per heavy atom. The van der Waals surface area contributed by atoms with Gasteiger partial charge in [-0.2, -0.15) is 0 Å². The summed E-state index contributed by atoms with van der Waals surface area (Å²) in [5.41, 5.74) is -0.492. The van der Waals surface area contributed by atoms with Gasteiger partial charge in [0.2, 0.25) is 0 Å². The molecule has 0 atom stereocenters. The number of unbranched alkanes of at least 4 members (excludes halogenated alkanes) is 7. The molecule has 0 aliphatic rings. The van der Waals surface area contributed by atoms with Crippen molar-refractivity contribution in [2.24, 2.45) is 0 Å². The molecule has 7 heteroatoms. The normalized spacial score (nSPS) is 12.6. The minimum Gasteiger partial charge on any atom is -0.481 e. The van der Waals surface area contributed by atoms with Gasteiger partial charge in [-0.3, -0.25) is 4.79 Å². The highest BCUT2D eigenvalue weighted by Gasteiger charge is 2.36. The number of carbonyl (C=O) groups excluding carboxylic acids is 1. The number of amides is 1. The lowest BCUT2D eigenvalue weighted by Crippen LogP contribution is -2.42. The third-order valence-corrected chi connectivity index (χ3v) is 10.6. The van der Waals surface area contributed by atoms with E-state index in [1.54, 1.807) is 0 Å². The molecule has 0 aliphatic carbocycles. The molecular weight excluding hydrogens is 422 g/mol. The smallest absolute Gasteiger partial charge is 0.410 e. The zero-order chi connectivity index (χ0) is 24.8. The van der Waals surface area contributed by atoms with Gasteiger partial charge in [-0.15, -0.1) is 0 Å². The van der Waals surface area contributed by atoms with Gasteiger partial charge in [0, 0.05) is 26.1 Å². The number of aliphatic carboxylic acids is 1. The number of carbonyl (C=O) groups is 2. The number of nitrogens with zero attached hydrogens (tertiary/aromatic N) is 1. The molecular formula is C25H51NO5Si. The Morgan fingerprint density at radius 3 is 1.72 bits per heavy atom. The van der Waals surface area contributed by atoms with Crippen LogP contribution < -0.4 is 0 Å². The average Bonchev–Trinajstić information content (AvgIpc) is 2.62. The van der Waals surface area contributed by atoms with E-state index in [0.717, 1.165) is 51.4 Å². The monoisotopic (exact) mass is 473 g/mol. The average molecular weight is 474 g/mol. The maximum atomic E-state index is 12.7. The Labute approximate surface area is 198 Å². The van der Waals surface area contributed by atoms with E-state index in [2.05, 4.69) is 33.9 Å². The molecule has 0 spiro atoms. The van der Waals surface area contributed by atoms with Crippen molar-refractivity contribution in [3.63, 3.8) is 0 Å². The lowest BCUT2D eigenvalue weighted by atomic mass is 10.1. The van der Waals surface area contributed by atoms with Crippen molar-refractivity contribution in [3.05, 3.63) is 0 Å². The minimum atomic E-state index is -1.76. The minimum absolute atomic E-state index is 0.189. The summed E-state index contributed by atoms with van der Waals surface area (Å²) in [5, 5.41) is 8.84. The highest BCUT2D eigenvalue weighted by atomic mass is 28.4. The van der Waals surface area contributed by atoms with E-state index in [9.17, 15) is 9.59 Å². The van der Waals surface area contributed by atoms with E-state index < -0.39 is 19.9 Å². The first-order valence-corrected chi connectivity index (χ1v) is 15.4. The summed E-state index contributed by atoms with van der Waals surface area (Å²) in [6.07, 6.45) is 9.28. The third-order valence-electron chi connectivity index (χ3n) is 6.06. The van der Waals surface area contributed by atoms with Crippen LogP contribution in [0.5, 0.6) is 0 Å². The van der Waals surface area contributed by atoms with Crippen molar-refractivity contribution in [2.45, 2.75) is 129 Å². The van der Waals surface area contributed by atoms with Gasteiger partial charge in [-0.25, -0.2) is 4.79 Å². The molecule has 0 aliphatic heterocycles. The van der Waals surface area contributed by atoms with Crippen LogP contribution in [0.15, 0.2) is 0 Å². The van der Waals surface area contributed by atoms with Crippen molar-refractivity contribution in [3.8, 4) is 0 Å². The second kappa shape index (κ2) is 14.9. The van der Waals surface area contributed by atoms with Gasteiger partial charge in [0.05, 0.1) is 0 Å². The van der Waals surface area contributed by atoms with Crippen molar-refractivity contribution >= 4 is 20.4 Å². The van der Waals surface area contributed by atoms with Gasteiger partial charge in [0.25, 0.3) is 0 Å². The summed E-state index contributed by atoms with van der Waals surface area (Å²) in [6.45, 7) is 19.0. The Morgan fingerprint density at radius 2 is 1.25 bits per heavy atom. The molecule has 0 aromatic rings. The largest absolute Gasteiger partial charge is 0.481 e.